The van der Waals surface area contributed by atoms with E-state index in [1.165, 1.54) is 6.92 Å². The van der Waals surface area contributed by atoms with Gasteiger partial charge in [-0.1, -0.05) is 41.5 Å². The number of ether oxygens (including phenoxy) is 1. The van der Waals surface area contributed by atoms with Gasteiger partial charge in [0.15, 0.2) is 16.6 Å². The van der Waals surface area contributed by atoms with Crippen LogP contribution in [0.15, 0.2) is 0 Å². The van der Waals surface area contributed by atoms with E-state index in [9.17, 15) is 4.79 Å². The van der Waals surface area contributed by atoms with Crippen LogP contribution < -0.4 is 0 Å². The van der Waals surface area contributed by atoms with E-state index in [2.05, 4.69) is 67.7 Å². The Kier molecular flexibility index (Phi) is 9.09. The fourth-order valence-electron chi connectivity index (χ4n) is 1.81. The fraction of sp³-hybridized carbons (Fsp3) is 0.947. The van der Waals surface area contributed by atoms with E-state index < -0.39 is 16.6 Å². The third-order valence-corrected chi connectivity index (χ3v) is 14.7. The van der Waals surface area contributed by atoms with Gasteiger partial charge in [0.2, 0.25) is 0 Å². The molecule has 0 N–H and O–H groups in total. The molecule has 25 heavy (non-hydrogen) atoms. The van der Waals surface area contributed by atoms with Crippen molar-refractivity contribution in [3.63, 3.8) is 0 Å². The van der Waals surface area contributed by atoms with Gasteiger partial charge < -0.3 is 13.6 Å². The maximum atomic E-state index is 11.0. The third-order valence-electron chi connectivity index (χ3n) is 5.68. The van der Waals surface area contributed by atoms with Gasteiger partial charge in [-0.25, -0.2) is 0 Å². The van der Waals surface area contributed by atoms with E-state index in [1.54, 1.807) is 0 Å². The van der Waals surface area contributed by atoms with E-state index in [1.807, 2.05) is 0 Å². The molecule has 0 unspecified atom stereocenters. The van der Waals surface area contributed by atoms with Gasteiger partial charge in [-0.2, -0.15) is 0 Å². The molecule has 150 valence electrons. The Morgan fingerprint density at radius 1 is 0.920 bits per heavy atom. The summed E-state index contributed by atoms with van der Waals surface area (Å²) in [5, 5.41) is 0.352. The predicted octanol–water partition coefficient (Wildman–Crippen LogP) is 5.74. The Morgan fingerprint density at radius 3 is 1.80 bits per heavy atom. The second-order valence-electron chi connectivity index (χ2n) is 10.1. The van der Waals surface area contributed by atoms with Crippen LogP contribution in [-0.4, -0.2) is 41.9 Å². The van der Waals surface area contributed by atoms with Crippen LogP contribution in [0, 0.1) is 0 Å². The Labute approximate surface area is 158 Å². The van der Waals surface area contributed by atoms with Crippen molar-refractivity contribution in [1.29, 1.82) is 0 Å². The van der Waals surface area contributed by atoms with Gasteiger partial charge in [-0.3, -0.25) is 4.79 Å². The fourth-order valence-corrected chi connectivity index (χ4v) is 4.22. The van der Waals surface area contributed by atoms with Crippen molar-refractivity contribution < 1.29 is 18.4 Å². The van der Waals surface area contributed by atoms with Crippen molar-refractivity contribution in [1.82, 2.24) is 0 Å². The average molecular weight is 391 g/mol. The van der Waals surface area contributed by atoms with Crippen molar-refractivity contribution in [3.05, 3.63) is 0 Å². The number of esters is 1. The van der Waals surface area contributed by atoms with Crippen LogP contribution in [-0.2, 0) is 18.4 Å². The minimum Gasteiger partial charge on any atom is -0.466 e. The minimum atomic E-state index is -1.86. The summed E-state index contributed by atoms with van der Waals surface area (Å²) in [6.07, 6.45) is 1.72. The maximum absolute atomic E-state index is 11.0. The van der Waals surface area contributed by atoms with Gasteiger partial charge >= 0.3 is 5.97 Å². The Morgan fingerprint density at radius 2 is 1.40 bits per heavy atom. The van der Waals surface area contributed by atoms with Crippen LogP contribution in [0.25, 0.3) is 0 Å². The van der Waals surface area contributed by atoms with Crippen LogP contribution >= 0.6 is 0 Å². The second kappa shape index (κ2) is 9.15. The van der Waals surface area contributed by atoms with Gasteiger partial charge in [0.05, 0.1) is 19.3 Å². The van der Waals surface area contributed by atoms with Crippen LogP contribution in [0.2, 0.25) is 36.3 Å². The van der Waals surface area contributed by atoms with Crippen LogP contribution in [0.4, 0.5) is 0 Å². The van der Waals surface area contributed by atoms with Gasteiger partial charge in [-0.15, -0.1) is 0 Å². The minimum absolute atomic E-state index is 0.0607. The van der Waals surface area contributed by atoms with Gasteiger partial charge in [0.1, 0.15) is 0 Å². The van der Waals surface area contributed by atoms with Crippen LogP contribution in [0.5, 0.6) is 0 Å². The monoisotopic (exact) mass is 390 g/mol. The normalized spacial score (nSPS) is 15.2. The zero-order valence-electron chi connectivity index (χ0n) is 18.5. The summed E-state index contributed by atoms with van der Waals surface area (Å²) in [5.41, 5.74) is 0. The summed E-state index contributed by atoms with van der Waals surface area (Å²) in [6, 6.07) is 0. The molecule has 0 heterocycles. The number of rotatable bonds is 9. The highest BCUT2D eigenvalue weighted by Crippen LogP contribution is 2.39. The molecular formula is C19H42O4Si2. The molecule has 0 aliphatic rings. The van der Waals surface area contributed by atoms with Crippen molar-refractivity contribution in [3.8, 4) is 0 Å². The molecule has 0 aliphatic heterocycles. The first-order valence-corrected chi connectivity index (χ1v) is 15.3. The second-order valence-corrected chi connectivity index (χ2v) is 19.6. The summed E-state index contributed by atoms with van der Waals surface area (Å²) in [7, 11) is -3.67. The first-order valence-electron chi connectivity index (χ1n) is 9.45. The van der Waals surface area contributed by atoms with E-state index in [4.69, 9.17) is 13.6 Å². The smallest absolute Gasteiger partial charge is 0.302 e. The third kappa shape index (κ3) is 8.84. The first-order chi connectivity index (χ1) is 11.0. The van der Waals surface area contributed by atoms with E-state index in [0.29, 0.717) is 13.2 Å². The molecule has 0 bridgehead atoms. The lowest BCUT2D eigenvalue weighted by Crippen LogP contribution is -2.47. The molecule has 0 saturated carbocycles. The molecule has 0 aliphatic carbocycles. The Hall–Kier alpha value is -0.176. The van der Waals surface area contributed by atoms with Crippen LogP contribution in [0.1, 0.15) is 61.3 Å². The number of carbonyl (C=O) groups is 1. The molecule has 0 aromatic carbocycles. The maximum Gasteiger partial charge on any atom is 0.302 e. The molecule has 0 rings (SSSR count). The summed E-state index contributed by atoms with van der Waals surface area (Å²) in [5.74, 6) is -0.223. The SMILES string of the molecule is CC(=O)OCCC[C@@H](CO[Si](C)(C)C(C)(C)C)O[Si](C)(C)C(C)(C)C. The lowest BCUT2D eigenvalue weighted by atomic mass is 10.2. The molecular weight excluding hydrogens is 348 g/mol. The topological polar surface area (TPSA) is 44.8 Å². The highest BCUT2D eigenvalue weighted by Gasteiger charge is 2.41. The number of carbonyl (C=O) groups excluding carboxylic acids is 1. The molecule has 0 aromatic heterocycles. The Bertz CT molecular complexity index is 420. The lowest BCUT2D eigenvalue weighted by molar-refractivity contribution is -0.141. The summed E-state index contributed by atoms with van der Waals surface area (Å²) >= 11 is 0. The van der Waals surface area contributed by atoms with Crippen molar-refractivity contribution >= 4 is 22.6 Å². The molecule has 0 aromatic rings. The largest absolute Gasteiger partial charge is 0.466 e. The molecule has 0 spiro atoms. The van der Waals surface area contributed by atoms with Gasteiger partial charge in [0, 0.05) is 6.92 Å². The molecule has 0 saturated heterocycles. The van der Waals surface area contributed by atoms with Gasteiger partial charge in [0.25, 0.3) is 0 Å². The standard InChI is InChI=1S/C19H42O4Si2/c1-16(20)21-14-12-13-17(23-25(10,11)19(5,6)7)15-22-24(8,9)18(2,3)4/h17H,12-15H2,1-11H3/t17-/m0/s1. The van der Waals surface area contributed by atoms with E-state index in [-0.39, 0.29) is 22.1 Å². The molecule has 0 amide bonds. The van der Waals surface area contributed by atoms with Crippen LogP contribution in [0.3, 0.4) is 0 Å². The molecule has 0 radical (unpaired) electrons. The molecule has 0 fully saturated rings. The van der Waals surface area contributed by atoms with Crippen molar-refractivity contribution in [2.24, 2.45) is 0 Å². The average Bonchev–Trinajstić information content (AvgIpc) is 2.37. The van der Waals surface area contributed by atoms with E-state index >= 15 is 0 Å². The number of hydrogen-bond donors (Lipinski definition) is 0. The highest BCUT2D eigenvalue weighted by atomic mass is 28.4. The zero-order chi connectivity index (χ0) is 20.1. The summed E-state index contributed by atoms with van der Waals surface area (Å²) in [4.78, 5) is 11.0. The highest BCUT2D eigenvalue weighted by molar-refractivity contribution is 6.74. The van der Waals surface area contributed by atoms with Crippen molar-refractivity contribution in [2.75, 3.05) is 13.2 Å². The predicted molar refractivity (Wildman–Crippen MR) is 111 cm³/mol. The zero-order valence-corrected chi connectivity index (χ0v) is 20.5. The van der Waals surface area contributed by atoms with Gasteiger partial charge in [-0.05, 0) is 49.1 Å². The first kappa shape index (κ1) is 24.8. The molecule has 4 nitrogen and oxygen atoms in total. The quantitative estimate of drug-likeness (QED) is 0.286. The lowest BCUT2D eigenvalue weighted by Gasteiger charge is -2.41. The summed E-state index contributed by atoms with van der Waals surface area (Å²) in [6.45, 7) is 25.1. The molecule has 6 heteroatoms. The number of hydrogen-bond acceptors (Lipinski definition) is 4. The Balaban J connectivity index is 4.93. The van der Waals surface area contributed by atoms with Crippen molar-refractivity contribution in [2.45, 2.75) is 104 Å². The summed E-state index contributed by atoms with van der Waals surface area (Å²) < 4.78 is 18.1. The molecule has 1 atom stereocenters. The van der Waals surface area contributed by atoms with E-state index in [0.717, 1.165) is 12.8 Å².